The number of fused-ring (bicyclic) bond motifs is 16. The van der Waals surface area contributed by atoms with Crippen molar-refractivity contribution in [3.8, 4) is 44.5 Å². The van der Waals surface area contributed by atoms with Crippen molar-refractivity contribution in [2.45, 2.75) is 13.8 Å². The highest BCUT2D eigenvalue weighted by molar-refractivity contribution is 6.14. The van der Waals surface area contributed by atoms with E-state index in [0.29, 0.717) is 0 Å². The van der Waals surface area contributed by atoms with Gasteiger partial charge in [-0.1, -0.05) is 169 Å². The maximum atomic E-state index is 2.37. The standard InChI is InChI=1S/C52H36N4.2C7H8/c1-53-45-21-29-5-13-37(45)38-14-6-30(22-46(38)53)32-8-16-40-42-18-10-34(26-50(42)55(3)48(40)24-32)36-12-20-44-43-19-11-35(27-51(43)56(4)52(44)28-36)33-9-17-41-39-15-7-31(29)23-47(39)54(2)49(41)25-33;2*1-7-5-3-2-4-6-7/h5-28H,1-4H3;2*2-6H,1H3. The zero-order chi connectivity index (χ0) is 47.4. The Hall–Kier alpha value is -8.60. The summed E-state index contributed by atoms with van der Waals surface area (Å²) in [6.45, 7) is 4.17. The lowest BCUT2D eigenvalue weighted by atomic mass is 9.99. The van der Waals surface area contributed by atoms with Gasteiger partial charge in [0.1, 0.15) is 0 Å². The molecule has 0 fully saturated rings. The maximum absolute atomic E-state index is 2.37. The molecule has 70 heavy (non-hydrogen) atoms. The Morgan fingerprint density at radius 2 is 0.357 bits per heavy atom. The number of aryl methyl sites for hydroxylation is 6. The van der Waals surface area contributed by atoms with E-state index in [4.69, 9.17) is 0 Å². The monoisotopic (exact) mass is 900 g/mol. The Morgan fingerprint density at radius 1 is 0.200 bits per heavy atom. The summed E-state index contributed by atoms with van der Waals surface area (Å²) in [6.07, 6.45) is 0. The van der Waals surface area contributed by atoms with Crippen LogP contribution in [0.2, 0.25) is 0 Å². The molecule has 10 aromatic carbocycles. The van der Waals surface area contributed by atoms with E-state index in [-0.39, 0.29) is 0 Å². The molecule has 0 aliphatic carbocycles. The van der Waals surface area contributed by atoms with Crippen LogP contribution in [-0.4, -0.2) is 18.3 Å². The minimum absolute atomic E-state index is 1.23. The van der Waals surface area contributed by atoms with Gasteiger partial charge in [0.2, 0.25) is 0 Å². The molecule has 4 nitrogen and oxygen atoms in total. The quantitative estimate of drug-likeness (QED) is 0.145. The third-order valence-electron chi connectivity index (χ3n) is 15.2. The van der Waals surface area contributed by atoms with Crippen molar-refractivity contribution in [3.63, 3.8) is 0 Å². The Balaban J connectivity index is 0.000000298. The molecule has 1 aliphatic rings. The number of hydrogen-bond donors (Lipinski definition) is 0. The van der Waals surface area contributed by atoms with Crippen LogP contribution in [0.4, 0.5) is 0 Å². The molecule has 0 N–H and O–H groups in total. The fraction of sp³-hybridized carbons (Fsp3) is 0.0909. The molecule has 4 aromatic heterocycles. The van der Waals surface area contributed by atoms with E-state index >= 15 is 0 Å². The molecule has 0 atom stereocenters. The predicted octanol–water partition coefficient (Wildman–Crippen LogP) is 17.2. The van der Waals surface area contributed by atoms with Crippen molar-refractivity contribution in [2.24, 2.45) is 28.2 Å². The van der Waals surface area contributed by atoms with Crippen molar-refractivity contribution in [3.05, 3.63) is 217 Å². The van der Waals surface area contributed by atoms with Gasteiger partial charge in [-0.2, -0.15) is 0 Å². The molecule has 336 valence electrons. The normalized spacial score (nSPS) is 11.9. The van der Waals surface area contributed by atoms with Crippen LogP contribution in [0.15, 0.2) is 206 Å². The van der Waals surface area contributed by atoms with E-state index in [1.54, 1.807) is 0 Å². The van der Waals surface area contributed by atoms with Crippen LogP contribution >= 0.6 is 0 Å². The molecular formula is C66H52N4. The second-order valence-corrected chi connectivity index (χ2v) is 19.4. The van der Waals surface area contributed by atoms with Crippen LogP contribution in [0.25, 0.3) is 132 Å². The third kappa shape index (κ3) is 6.58. The SMILES string of the molecule is Cc1ccccc1.Cc1ccccc1.Cn1c2cc3ccc2c2ccc(cc21)-c1ccc2c4ccc(cc4n(C)c2c1)-c1ccc2c4ccc(cc4n(C)c2c1)-c1ccc2c4ccc-3cc4n(C)c2c1. The van der Waals surface area contributed by atoms with Gasteiger partial charge >= 0.3 is 0 Å². The van der Waals surface area contributed by atoms with Crippen LogP contribution in [0, 0.1) is 13.8 Å². The van der Waals surface area contributed by atoms with E-state index < -0.39 is 0 Å². The molecule has 1 aliphatic heterocycles. The highest BCUT2D eigenvalue weighted by Crippen LogP contribution is 2.41. The fourth-order valence-corrected chi connectivity index (χ4v) is 11.3. The summed E-state index contributed by atoms with van der Waals surface area (Å²) in [4.78, 5) is 0. The molecule has 0 saturated carbocycles. The number of hydrogen-bond acceptors (Lipinski definition) is 0. The van der Waals surface area contributed by atoms with Crippen LogP contribution in [-0.2, 0) is 28.2 Å². The summed E-state index contributed by atoms with van der Waals surface area (Å²) < 4.78 is 9.46. The van der Waals surface area contributed by atoms with Crippen LogP contribution in [0.5, 0.6) is 0 Å². The number of nitrogens with zero attached hydrogens (tertiary/aromatic N) is 4. The molecule has 15 rings (SSSR count). The van der Waals surface area contributed by atoms with Gasteiger partial charge in [0, 0.05) is 115 Å². The second kappa shape index (κ2) is 16.0. The molecule has 4 heteroatoms. The summed E-state index contributed by atoms with van der Waals surface area (Å²) in [6, 6.07) is 76.2. The molecule has 5 heterocycles. The Kier molecular flexibility index (Phi) is 9.50. The van der Waals surface area contributed by atoms with Crippen LogP contribution in [0.1, 0.15) is 11.1 Å². The summed E-state index contributed by atoms with van der Waals surface area (Å²) in [5, 5.41) is 10.2. The van der Waals surface area contributed by atoms with E-state index in [0.717, 1.165) is 0 Å². The van der Waals surface area contributed by atoms with E-state index in [1.165, 1.54) is 143 Å². The molecule has 0 radical (unpaired) electrons. The van der Waals surface area contributed by atoms with Crippen molar-refractivity contribution in [1.29, 1.82) is 0 Å². The van der Waals surface area contributed by atoms with E-state index in [9.17, 15) is 0 Å². The van der Waals surface area contributed by atoms with Gasteiger partial charge in [-0.05, 0) is 107 Å². The lowest BCUT2D eigenvalue weighted by Crippen LogP contribution is -1.90. The lowest BCUT2D eigenvalue weighted by Gasteiger charge is -2.07. The molecule has 0 spiro atoms. The van der Waals surface area contributed by atoms with Crippen LogP contribution < -0.4 is 0 Å². The first-order chi connectivity index (χ1) is 34.2. The Morgan fingerprint density at radius 3 is 0.486 bits per heavy atom. The number of benzene rings is 10. The molecule has 16 bridgehead atoms. The second-order valence-electron chi connectivity index (χ2n) is 19.4. The van der Waals surface area contributed by atoms with Crippen molar-refractivity contribution in [2.75, 3.05) is 0 Å². The lowest BCUT2D eigenvalue weighted by molar-refractivity contribution is 1.01. The van der Waals surface area contributed by atoms with Crippen LogP contribution in [0.3, 0.4) is 0 Å². The van der Waals surface area contributed by atoms with Crippen molar-refractivity contribution < 1.29 is 0 Å². The zero-order valence-electron chi connectivity index (χ0n) is 40.4. The summed E-state index contributed by atoms with van der Waals surface area (Å²) in [7, 11) is 8.83. The highest BCUT2D eigenvalue weighted by atomic mass is 15.0. The number of rotatable bonds is 0. The molecule has 0 saturated heterocycles. The van der Waals surface area contributed by atoms with Gasteiger partial charge < -0.3 is 18.3 Å². The van der Waals surface area contributed by atoms with Gasteiger partial charge in [0.05, 0.1) is 0 Å². The summed E-state index contributed by atoms with van der Waals surface area (Å²) >= 11 is 0. The summed E-state index contributed by atoms with van der Waals surface area (Å²) in [5.74, 6) is 0. The van der Waals surface area contributed by atoms with Gasteiger partial charge in [0.25, 0.3) is 0 Å². The van der Waals surface area contributed by atoms with Gasteiger partial charge in [0.15, 0.2) is 0 Å². The highest BCUT2D eigenvalue weighted by Gasteiger charge is 2.18. The molecular weight excluding hydrogens is 849 g/mol. The predicted molar refractivity (Wildman–Crippen MR) is 300 cm³/mol. The Bertz CT molecular complexity index is 3630. The molecule has 0 unspecified atom stereocenters. The fourth-order valence-electron chi connectivity index (χ4n) is 11.3. The Labute approximate surface area is 407 Å². The first-order valence-electron chi connectivity index (χ1n) is 24.3. The molecule has 0 amide bonds. The van der Waals surface area contributed by atoms with Gasteiger partial charge in [-0.3, -0.25) is 0 Å². The average molecular weight is 901 g/mol. The molecule has 14 aromatic rings. The van der Waals surface area contributed by atoms with Crippen molar-refractivity contribution in [1.82, 2.24) is 18.3 Å². The third-order valence-corrected chi connectivity index (χ3v) is 15.2. The largest absolute Gasteiger partial charge is 0.344 e. The van der Waals surface area contributed by atoms with E-state index in [2.05, 4.69) is 230 Å². The minimum atomic E-state index is 1.23. The van der Waals surface area contributed by atoms with Gasteiger partial charge in [-0.25, -0.2) is 0 Å². The zero-order valence-corrected chi connectivity index (χ0v) is 40.4. The topological polar surface area (TPSA) is 19.7 Å². The smallest absolute Gasteiger partial charge is 0.0494 e. The first kappa shape index (κ1) is 41.6. The van der Waals surface area contributed by atoms with Crippen molar-refractivity contribution >= 4 is 87.2 Å². The summed E-state index contributed by atoms with van der Waals surface area (Å²) in [5.41, 5.74) is 22.4. The number of aromatic nitrogens is 4. The van der Waals surface area contributed by atoms with Gasteiger partial charge in [-0.15, -0.1) is 0 Å². The average Bonchev–Trinajstić information content (AvgIpc) is 4.06. The van der Waals surface area contributed by atoms with E-state index in [1.807, 2.05) is 36.4 Å². The minimum Gasteiger partial charge on any atom is -0.344 e. The first-order valence-corrected chi connectivity index (χ1v) is 24.3. The maximum Gasteiger partial charge on any atom is 0.0494 e.